The molecule has 0 aromatic heterocycles. The van der Waals surface area contributed by atoms with E-state index in [9.17, 15) is 4.79 Å². The van der Waals surface area contributed by atoms with E-state index < -0.39 is 0 Å². The molecule has 4 nitrogen and oxygen atoms in total. The normalized spacial score (nSPS) is 19.6. The smallest absolute Gasteiger partial charge is 0.238 e. The summed E-state index contributed by atoms with van der Waals surface area (Å²) in [6, 6.07) is 8.16. The Kier molecular flexibility index (Phi) is 5.36. The third-order valence-electron chi connectivity index (χ3n) is 3.47. The van der Waals surface area contributed by atoms with Gasteiger partial charge in [0, 0.05) is 22.7 Å². The molecule has 1 heterocycles. The molecule has 0 bridgehead atoms. The lowest BCUT2D eigenvalue weighted by Crippen LogP contribution is -2.38. The zero-order valence-corrected chi connectivity index (χ0v) is 12.7. The van der Waals surface area contributed by atoms with Crippen molar-refractivity contribution in [2.75, 3.05) is 32.0 Å². The standard InChI is InChI=1S/C14H20BrN3O/c1-18-8-2-3-13(18)9-16-10-14(19)17-12-6-4-11(15)5-7-12/h4-7,13,16H,2-3,8-10H2,1H3,(H,17,19). The summed E-state index contributed by atoms with van der Waals surface area (Å²) in [4.78, 5) is 14.1. The Morgan fingerprint density at radius 1 is 1.42 bits per heavy atom. The summed E-state index contributed by atoms with van der Waals surface area (Å²) in [5.41, 5.74) is 0.827. The van der Waals surface area contributed by atoms with Crippen LogP contribution in [-0.4, -0.2) is 43.5 Å². The highest BCUT2D eigenvalue weighted by molar-refractivity contribution is 9.10. The summed E-state index contributed by atoms with van der Waals surface area (Å²) in [6.45, 7) is 2.40. The summed E-state index contributed by atoms with van der Waals surface area (Å²) in [7, 11) is 2.14. The van der Waals surface area contributed by atoms with Gasteiger partial charge in [-0.2, -0.15) is 0 Å². The first-order valence-electron chi connectivity index (χ1n) is 6.61. The summed E-state index contributed by atoms with van der Waals surface area (Å²) < 4.78 is 1.01. The van der Waals surface area contributed by atoms with E-state index in [2.05, 4.69) is 38.5 Å². The minimum absolute atomic E-state index is 0.00275. The Labute approximate surface area is 122 Å². The van der Waals surface area contributed by atoms with E-state index in [1.807, 2.05) is 24.3 Å². The number of nitrogens with zero attached hydrogens (tertiary/aromatic N) is 1. The van der Waals surface area contributed by atoms with E-state index in [1.54, 1.807) is 0 Å². The fourth-order valence-electron chi connectivity index (χ4n) is 2.33. The van der Waals surface area contributed by atoms with E-state index in [0.717, 1.165) is 23.2 Å². The van der Waals surface area contributed by atoms with Crippen LogP contribution in [0.2, 0.25) is 0 Å². The molecule has 19 heavy (non-hydrogen) atoms. The lowest BCUT2D eigenvalue weighted by molar-refractivity contribution is -0.115. The monoisotopic (exact) mass is 325 g/mol. The van der Waals surface area contributed by atoms with Crippen LogP contribution < -0.4 is 10.6 Å². The Balaban J connectivity index is 1.68. The Morgan fingerprint density at radius 3 is 2.79 bits per heavy atom. The van der Waals surface area contributed by atoms with E-state index >= 15 is 0 Å². The van der Waals surface area contributed by atoms with Crippen LogP contribution in [0.3, 0.4) is 0 Å². The molecule has 0 spiro atoms. The number of likely N-dealkylation sites (tertiary alicyclic amines) is 1. The van der Waals surface area contributed by atoms with Gasteiger partial charge in [-0.05, 0) is 50.7 Å². The first kappa shape index (κ1) is 14.5. The number of hydrogen-bond acceptors (Lipinski definition) is 3. The Morgan fingerprint density at radius 2 is 2.16 bits per heavy atom. The van der Waals surface area contributed by atoms with E-state index in [4.69, 9.17) is 0 Å². The minimum atomic E-state index is 0.00275. The van der Waals surface area contributed by atoms with Gasteiger partial charge in [-0.15, -0.1) is 0 Å². The molecule has 5 heteroatoms. The summed E-state index contributed by atoms with van der Waals surface area (Å²) >= 11 is 3.37. The number of carbonyl (C=O) groups is 1. The lowest BCUT2D eigenvalue weighted by atomic mass is 10.2. The number of amides is 1. The molecular weight excluding hydrogens is 306 g/mol. The van der Waals surface area contributed by atoms with Gasteiger partial charge >= 0.3 is 0 Å². The molecule has 2 N–H and O–H groups in total. The third kappa shape index (κ3) is 4.60. The highest BCUT2D eigenvalue weighted by Crippen LogP contribution is 2.14. The number of carbonyl (C=O) groups excluding carboxylic acids is 1. The Hall–Kier alpha value is -0.910. The molecule has 1 aromatic rings. The van der Waals surface area contributed by atoms with Crippen molar-refractivity contribution >= 4 is 27.5 Å². The highest BCUT2D eigenvalue weighted by Gasteiger charge is 2.20. The first-order chi connectivity index (χ1) is 9.15. The van der Waals surface area contributed by atoms with Gasteiger partial charge in [-0.3, -0.25) is 4.79 Å². The fourth-order valence-corrected chi connectivity index (χ4v) is 2.59. The van der Waals surface area contributed by atoms with Crippen LogP contribution >= 0.6 is 15.9 Å². The molecule has 1 aromatic carbocycles. The minimum Gasteiger partial charge on any atom is -0.325 e. The van der Waals surface area contributed by atoms with Crippen LogP contribution in [0.4, 0.5) is 5.69 Å². The molecule has 1 fully saturated rings. The Bertz CT molecular complexity index is 421. The molecule has 1 aliphatic rings. The average molecular weight is 326 g/mol. The van der Waals surface area contributed by atoms with E-state index in [-0.39, 0.29) is 5.91 Å². The molecule has 0 radical (unpaired) electrons. The molecular formula is C14H20BrN3O. The van der Waals surface area contributed by atoms with Crippen LogP contribution in [0.1, 0.15) is 12.8 Å². The van der Waals surface area contributed by atoms with Crippen LogP contribution in [0.25, 0.3) is 0 Å². The molecule has 0 saturated carbocycles. The molecule has 104 valence electrons. The van der Waals surface area contributed by atoms with Gasteiger partial charge in [0.2, 0.25) is 5.91 Å². The molecule has 0 aliphatic carbocycles. The fraction of sp³-hybridized carbons (Fsp3) is 0.500. The number of anilines is 1. The van der Waals surface area contributed by atoms with Gasteiger partial charge in [0.05, 0.1) is 6.54 Å². The summed E-state index contributed by atoms with van der Waals surface area (Å²) in [5.74, 6) is 0.00275. The number of hydrogen-bond donors (Lipinski definition) is 2. The van der Waals surface area contributed by atoms with Crippen molar-refractivity contribution in [3.8, 4) is 0 Å². The van der Waals surface area contributed by atoms with Crippen molar-refractivity contribution in [2.45, 2.75) is 18.9 Å². The van der Waals surface area contributed by atoms with Crippen molar-refractivity contribution in [3.05, 3.63) is 28.7 Å². The SMILES string of the molecule is CN1CCCC1CNCC(=O)Nc1ccc(Br)cc1. The molecule has 1 unspecified atom stereocenters. The van der Waals surface area contributed by atoms with Crippen molar-refractivity contribution in [3.63, 3.8) is 0 Å². The molecule has 1 amide bonds. The van der Waals surface area contributed by atoms with Gasteiger partial charge < -0.3 is 15.5 Å². The zero-order valence-electron chi connectivity index (χ0n) is 11.2. The average Bonchev–Trinajstić information content (AvgIpc) is 2.78. The number of halogens is 1. The second-order valence-corrected chi connectivity index (χ2v) is 5.88. The van der Waals surface area contributed by atoms with Crippen molar-refractivity contribution in [2.24, 2.45) is 0 Å². The molecule has 2 rings (SSSR count). The van der Waals surface area contributed by atoms with Gasteiger partial charge in [-0.25, -0.2) is 0 Å². The number of rotatable bonds is 5. The van der Waals surface area contributed by atoms with Crippen molar-refractivity contribution in [1.29, 1.82) is 0 Å². The van der Waals surface area contributed by atoms with Crippen LogP contribution in [0.5, 0.6) is 0 Å². The number of benzene rings is 1. The molecule has 1 aliphatic heterocycles. The van der Waals surface area contributed by atoms with E-state index in [1.165, 1.54) is 12.8 Å². The summed E-state index contributed by atoms with van der Waals surface area (Å²) in [6.07, 6.45) is 2.48. The van der Waals surface area contributed by atoms with Gasteiger partial charge in [0.1, 0.15) is 0 Å². The predicted molar refractivity (Wildman–Crippen MR) is 81.3 cm³/mol. The van der Waals surface area contributed by atoms with Gasteiger partial charge in [-0.1, -0.05) is 15.9 Å². The quantitative estimate of drug-likeness (QED) is 0.871. The second-order valence-electron chi connectivity index (χ2n) is 4.96. The predicted octanol–water partition coefficient (Wildman–Crippen LogP) is 2.07. The summed E-state index contributed by atoms with van der Waals surface area (Å²) in [5, 5.41) is 6.10. The highest BCUT2D eigenvalue weighted by atomic mass is 79.9. The molecule has 1 saturated heterocycles. The van der Waals surface area contributed by atoms with Crippen LogP contribution in [0.15, 0.2) is 28.7 Å². The second kappa shape index (κ2) is 7.03. The number of likely N-dealkylation sites (N-methyl/N-ethyl adjacent to an activating group) is 1. The van der Waals surface area contributed by atoms with Gasteiger partial charge in [0.15, 0.2) is 0 Å². The first-order valence-corrected chi connectivity index (χ1v) is 7.41. The topological polar surface area (TPSA) is 44.4 Å². The maximum absolute atomic E-state index is 11.8. The van der Waals surface area contributed by atoms with Crippen LogP contribution in [0, 0.1) is 0 Å². The van der Waals surface area contributed by atoms with Gasteiger partial charge in [0.25, 0.3) is 0 Å². The maximum atomic E-state index is 11.8. The van der Waals surface area contributed by atoms with Crippen LogP contribution in [-0.2, 0) is 4.79 Å². The van der Waals surface area contributed by atoms with Crippen molar-refractivity contribution < 1.29 is 4.79 Å². The number of nitrogens with one attached hydrogen (secondary N) is 2. The maximum Gasteiger partial charge on any atom is 0.238 e. The zero-order chi connectivity index (χ0) is 13.7. The molecule has 1 atom stereocenters. The van der Waals surface area contributed by atoms with Crippen molar-refractivity contribution in [1.82, 2.24) is 10.2 Å². The van der Waals surface area contributed by atoms with E-state index in [0.29, 0.717) is 12.6 Å². The largest absolute Gasteiger partial charge is 0.325 e. The lowest BCUT2D eigenvalue weighted by Gasteiger charge is -2.19. The third-order valence-corrected chi connectivity index (χ3v) is 3.99.